The highest BCUT2D eigenvalue weighted by atomic mass is 32.2. The number of hydrogen-bond acceptors (Lipinski definition) is 1. The van der Waals surface area contributed by atoms with Gasteiger partial charge in [0.25, 0.3) is 0 Å². The van der Waals surface area contributed by atoms with E-state index in [0.29, 0.717) is 0 Å². The lowest BCUT2D eigenvalue weighted by Gasteiger charge is -2.09. The summed E-state index contributed by atoms with van der Waals surface area (Å²) >= 11 is 2.00. The van der Waals surface area contributed by atoms with Gasteiger partial charge in [-0.3, -0.25) is 0 Å². The van der Waals surface area contributed by atoms with Crippen LogP contribution in [0.3, 0.4) is 0 Å². The minimum atomic E-state index is 0.827. The van der Waals surface area contributed by atoms with Crippen LogP contribution in [-0.2, 0) is 0 Å². The first-order valence-electron chi connectivity index (χ1n) is 3.90. The maximum Gasteiger partial charge on any atom is 0.0177 e. The Kier molecular flexibility index (Phi) is 6.96. The van der Waals surface area contributed by atoms with E-state index in [4.69, 9.17) is 6.42 Å². The van der Waals surface area contributed by atoms with Crippen molar-refractivity contribution in [3.63, 3.8) is 0 Å². The lowest BCUT2D eigenvalue weighted by Crippen LogP contribution is -1.98. The molecule has 0 amide bonds. The Balaban J connectivity index is 3.19. The lowest BCUT2D eigenvalue weighted by atomic mass is 10.3. The van der Waals surface area contributed by atoms with Crippen LogP contribution in [-0.4, -0.2) is 11.0 Å². The fourth-order valence-electron chi connectivity index (χ4n) is 0.809. The summed E-state index contributed by atoms with van der Waals surface area (Å²) in [6, 6.07) is 0. The molecule has 0 aliphatic heterocycles. The molecule has 0 fully saturated rings. The van der Waals surface area contributed by atoms with Gasteiger partial charge in [0.05, 0.1) is 0 Å². The highest BCUT2D eigenvalue weighted by Crippen LogP contribution is 2.17. The number of hydrogen-bond donors (Lipinski definition) is 0. The van der Waals surface area contributed by atoms with Crippen LogP contribution in [0.4, 0.5) is 0 Å². The fourth-order valence-corrected chi connectivity index (χ4v) is 1.85. The highest BCUT2D eigenvalue weighted by molar-refractivity contribution is 7.99. The van der Waals surface area contributed by atoms with Gasteiger partial charge in [-0.25, -0.2) is 0 Å². The molecule has 0 aliphatic carbocycles. The Labute approximate surface area is 68.8 Å². The molecule has 0 atom stereocenters. The van der Waals surface area contributed by atoms with Gasteiger partial charge in [0, 0.05) is 17.4 Å². The van der Waals surface area contributed by atoms with E-state index in [2.05, 4.69) is 19.8 Å². The van der Waals surface area contributed by atoms with Crippen molar-refractivity contribution >= 4 is 11.8 Å². The summed E-state index contributed by atoms with van der Waals surface area (Å²) in [7, 11) is 0. The second-order valence-electron chi connectivity index (χ2n) is 2.26. The normalized spacial score (nSPS) is 9.80. The minimum Gasteiger partial charge on any atom is -0.158 e. The molecule has 0 radical (unpaired) electrons. The average molecular weight is 156 g/mol. The van der Waals surface area contributed by atoms with E-state index in [1.54, 1.807) is 0 Å². The summed E-state index contributed by atoms with van der Waals surface area (Å²) < 4.78 is 0. The number of rotatable bonds is 5. The largest absolute Gasteiger partial charge is 0.158 e. The number of terminal acetylenes is 1. The van der Waals surface area contributed by atoms with Crippen molar-refractivity contribution in [1.29, 1.82) is 0 Å². The molecule has 0 saturated heterocycles. The van der Waals surface area contributed by atoms with E-state index in [-0.39, 0.29) is 0 Å². The molecule has 0 nitrogen and oxygen atoms in total. The number of thioether (sulfide) groups is 1. The Morgan fingerprint density at radius 2 is 2.00 bits per heavy atom. The molecular formula is C9H16S. The topological polar surface area (TPSA) is 0 Å². The van der Waals surface area contributed by atoms with Crippen LogP contribution in [0.25, 0.3) is 0 Å². The molecule has 58 valence electrons. The molecule has 0 rings (SSSR count). The van der Waals surface area contributed by atoms with Gasteiger partial charge in [0.2, 0.25) is 0 Å². The summed E-state index contributed by atoms with van der Waals surface area (Å²) in [5.41, 5.74) is 0. The van der Waals surface area contributed by atoms with E-state index < -0.39 is 0 Å². The molecule has 10 heavy (non-hydrogen) atoms. The van der Waals surface area contributed by atoms with Gasteiger partial charge >= 0.3 is 0 Å². The predicted molar refractivity (Wildman–Crippen MR) is 50.3 cm³/mol. The summed E-state index contributed by atoms with van der Waals surface area (Å²) in [5, 5.41) is 0.827. The smallest absolute Gasteiger partial charge is 0.0177 e. The molecule has 0 unspecified atom stereocenters. The van der Waals surface area contributed by atoms with Gasteiger partial charge in [0.15, 0.2) is 0 Å². The van der Waals surface area contributed by atoms with Crippen molar-refractivity contribution in [2.75, 3.05) is 5.75 Å². The van der Waals surface area contributed by atoms with Crippen LogP contribution in [0.2, 0.25) is 0 Å². The first-order valence-corrected chi connectivity index (χ1v) is 4.95. The molecule has 0 saturated carbocycles. The second kappa shape index (κ2) is 7.02. The van der Waals surface area contributed by atoms with Crippen LogP contribution in [0.5, 0.6) is 0 Å². The van der Waals surface area contributed by atoms with Gasteiger partial charge in [-0.1, -0.05) is 13.8 Å². The fraction of sp³-hybridized carbons (Fsp3) is 0.778. The van der Waals surface area contributed by atoms with Crippen molar-refractivity contribution < 1.29 is 0 Å². The quantitative estimate of drug-likeness (QED) is 0.435. The summed E-state index contributed by atoms with van der Waals surface area (Å²) in [6.45, 7) is 4.47. The van der Waals surface area contributed by atoms with Crippen LogP contribution in [0.1, 0.15) is 33.1 Å². The van der Waals surface area contributed by atoms with E-state index in [1.165, 1.54) is 12.8 Å². The third kappa shape index (κ3) is 4.76. The van der Waals surface area contributed by atoms with Crippen LogP contribution in [0.15, 0.2) is 0 Å². The molecule has 0 N–H and O–H groups in total. The van der Waals surface area contributed by atoms with Crippen LogP contribution < -0.4 is 0 Å². The summed E-state index contributed by atoms with van der Waals surface area (Å²) in [6.07, 6.45) is 8.59. The molecule has 0 aliphatic rings. The van der Waals surface area contributed by atoms with Crippen LogP contribution in [0, 0.1) is 12.3 Å². The predicted octanol–water partition coefficient (Wildman–Crippen LogP) is 2.93. The second-order valence-corrected chi connectivity index (χ2v) is 3.67. The molecular weight excluding hydrogens is 140 g/mol. The van der Waals surface area contributed by atoms with Gasteiger partial charge in [-0.15, -0.1) is 12.3 Å². The average Bonchev–Trinajstić information content (AvgIpc) is 1.99. The van der Waals surface area contributed by atoms with Crippen molar-refractivity contribution in [2.45, 2.75) is 38.4 Å². The Hall–Kier alpha value is -0.0900. The zero-order valence-electron chi connectivity index (χ0n) is 6.89. The molecule has 1 heteroatoms. The Morgan fingerprint density at radius 1 is 1.40 bits per heavy atom. The third-order valence-corrected chi connectivity index (χ3v) is 3.09. The van der Waals surface area contributed by atoms with Crippen molar-refractivity contribution in [3.05, 3.63) is 0 Å². The summed E-state index contributed by atoms with van der Waals surface area (Å²) in [4.78, 5) is 0. The molecule has 0 aromatic rings. The molecule has 0 bridgehead atoms. The standard InChI is InChI=1S/C9H16S/c1-4-7-8-10-9(5-2)6-3/h1,9H,5-8H2,2-3H3. The van der Waals surface area contributed by atoms with E-state index in [9.17, 15) is 0 Å². The molecule has 0 heterocycles. The highest BCUT2D eigenvalue weighted by Gasteiger charge is 2.01. The van der Waals surface area contributed by atoms with Crippen molar-refractivity contribution in [2.24, 2.45) is 0 Å². The minimum absolute atomic E-state index is 0.827. The molecule has 0 aromatic heterocycles. The first kappa shape index (κ1) is 9.91. The monoisotopic (exact) mass is 156 g/mol. The lowest BCUT2D eigenvalue weighted by molar-refractivity contribution is 0.792. The van der Waals surface area contributed by atoms with Crippen molar-refractivity contribution in [3.8, 4) is 12.3 Å². The van der Waals surface area contributed by atoms with Crippen LogP contribution >= 0.6 is 11.8 Å². The summed E-state index contributed by atoms with van der Waals surface area (Å²) in [5.74, 6) is 3.78. The van der Waals surface area contributed by atoms with Gasteiger partial charge in [-0.2, -0.15) is 11.8 Å². The van der Waals surface area contributed by atoms with Gasteiger partial charge < -0.3 is 0 Å². The Morgan fingerprint density at radius 3 is 2.40 bits per heavy atom. The zero-order chi connectivity index (χ0) is 7.82. The van der Waals surface area contributed by atoms with E-state index >= 15 is 0 Å². The molecule has 0 aromatic carbocycles. The molecule has 0 spiro atoms. The van der Waals surface area contributed by atoms with Gasteiger partial charge in [-0.05, 0) is 12.8 Å². The van der Waals surface area contributed by atoms with Gasteiger partial charge in [0.1, 0.15) is 0 Å². The maximum atomic E-state index is 5.13. The van der Waals surface area contributed by atoms with Crippen molar-refractivity contribution in [1.82, 2.24) is 0 Å². The SMILES string of the molecule is C#CCCSC(CC)CC. The first-order chi connectivity index (χ1) is 4.85. The zero-order valence-corrected chi connectivity index (χ0v) is 7.71. The Bertz CT molecular complexity index is 97.8. The van der Waals surface area contributed by atoms with E-state index in [1.807, 2.05) is 11.8 Å². The maximum absolute atomic E-state index is 5.13. The van der Waals surface area contributed by atoms with E-state index in [0.717, 1.165) is 17.4 Å². The third-order valence-electron chi connectivity index (χ3n) is 1.51.